The number of sulfone groups is 1. The van der Waals surface area contributed by atoms with Crippen LogP contribution in [0, 0.1) is 6.92 Å². The maximum Gasteiger partial charge on any atom is 0.175 e. The molecule has 0 saturated heterocycles. The molecule has 0 aliphatic heterocycles. The van der Waals surface area contributed by atoms with Crippen molar-refractivity contribution in [3.8, 4) is 0 Å². The lowest BCUT2D eigenvalue weighted by Crippen LogP contribution is -2.33. The van der Waals surface area contributed by atoms with Crippen LogP contribution in [0.5, 0.6) is 0 Å². The SMILES string of the molecule is Cc1cnn(C(C)C(C)NCc2ccc(S(C)(=O)=O)cc2)c1. The van der Waals surface area contributed by atoms with Gasteiger partial charge in [-0.05, 0) is 44.0 Å². The summed E-state index contributed by atoms with van der Waals surface area (Å²) in [6.07, 6.45) is 5.10. The quantitative estimate of drug-likeness (QED) is 0.887. The highest BCUT2D eigenvalue weighted by molar-refractivity contribution is 7.90. The van der Waals surface area contributed by atoms with Crippen molar-refractivity contribution in [2.75, 3.05) is 6.26 Å². The number of aromatic nitrogens is 2. The Morgan fingerprint density at radius 2 is 1.86 bits per heavy atom. The van der Waals surface area contributed by atoms with Crippen LogP contribution >= 0.6 is 0 Å². The number of hydrogen-bond donors (Lipinski definition) is 1. The first-order chi connectivity index (χ1) is 10.3. The van der Waals surface area contributed by atoms with Crippen LogP contribution in [0.15, 0.2) is 41.6 Å². The van der Waals surface area contributed by atoms with E-state index in [4.69, 9.17) is 0 Å². The molecule has 0 aliphatic rings. The summed E-state index contributed by atoms with van der Waals surface area (Å²) in [5.74, 6) is 0. The van der Waals surface area contributed by atoms with E-state index >= 15 is 0 Å². The van der Waals surface area contributed by atoms with Crippen LogP contribution < -0.4 is 5.32 Å². The van der Waals surface area contributed by atoms with Crippen molar-refractivity contribution >= 4 is 9.84 Å². The topological polar surface area (TPSA) is 64.0 Å². The fourth-order valence-corrected chi connectivity index (χ4v) is 2.82. The first-order valence-corrected chi connectivity index (χ1v) is 9.19. The van der Waals surface area contributed by atoms with Crippen molar-refractivity contribution < 1.29 is 8.42 Å². The normalized spacial score (nSPS) is 14.7. The molecule has 2 rings (SSSR count). The van der Waals surface area contributed by atoms with Crippen molar-refractivity contribution in [2.45, 2.75) is 44.3 Å². The Morgan fingerprint density at radius 3 is 2.36 bits per heavy atom. The lowest BCUT2D eigenvalue weighted by molar-refractivity contribution is 0.365. The second-order valence-corrected chi connectivity index (χ2v) is 7.84. The zero-order chi connectivity index (χ0) is 16.3. The standard InChI is InChI=1S/C16H23N3O2S/c1-12-9-18-19(11-12)14(3)13(2)17-10-15-5-7-16(8-6-15)22(4,20)21/h5-9,11,13-14,17H,10H2,1-4H3. The molecule has 2 atom stereocenters. The molecule has 0 spiro atoms. The Balaban J connectivity index is 1.95. The molecular formula is C16H23N3O2S. The first-order valence-electron chi connectivity index (χ1n) is 7.30. The Kier molecular flexibility index (Phi) is 5.03. The highest BCUT2D eigenvalue weighted by Gasteiger charge is 2.14. The fourth-order valence-electron chi connectivity index (χ4n) is 2.19. The molecule has 0 bridgehead atoms. The Morgan fingerprint density at radius 1 is 1.23 bits per heavy atom. The number of hydrogen-bond acceptors (Lipinski definition) is 4. The summed E-state index contributed by atoms with van der Waals surface area (Å²) in [4.78, 5) is 0.352. The average molecular weight is 321 g/mol. The van der Waals surface area contributed by atoms with Crippen LogP contribution in [0.4, 0.5) is 0 Å². The average Bonchev–Trinajstić information content (AvgIpc) is 2.90. The van der Waals surface area contributed by atoms with Crippen molar-refractivity contribution in [1.82, 2.24) is 15.1 Å². The molecule has 120 valence electrons. The maximum atomic E-state index is 11.4. The van der Waals surface area contributed by atoms with Crippen LogP contribution in [0.3, 0.4) is 0 Å². The molecule has 1 heterocycles. The second kappa shape index (κ2) is 6.62. The number of aryl methyl sites for hydroxylation is 1. The van der Waals surface area contributed by atoms with Gasteiger partial charge in [-0.15, -0.1) is 0 Å². The van der Waals surface area contributed by atoms with E-state index in [9.17, 15) is 8.42 Å². The van der Waals surface area contributed by atoms with E-state index < -0.39 is 9.84 Å². The second-order valence-electron chi connectivity index (χ2n) is 5.82. The summed E-state index contributed by atoms with van der Waals surface area (Å²) in [6, 6.07) is 7.48. The first kappa shape index (κ1) is 16.7. The van der Waals surface area contributed by atoms with Crippen molar-refractivity contribution in [3.63, 3.8) is 0 Å². The number of rotatable bonds is 6. The monoisotopic (exact) mass is 321 g/mol. The number of nitrogens with one attached hydrogen (secondary N) is 1. The van der Waals surface area contributed by atoms with Crippen molar-refractivity contribution in [3.05, 3.63) is 47.8 Å². The largest absolute Gasteiger partial charge is 0.308 e. The third-order valence-electron chi connectivity index (χ3n) is 3.85. The van der Waals surface area contributed by atoms with E-state index in [2.05, 4.69) is 24.3 Å². The molecular weight excluding hydrogens is 298 g/mol. The van der Waals surface area contributed by atoms with Gasteiger partial charge in [-0.25, -0.2) is 8.42 Å². The minimum absolute atomic E-state index is 0.240. The Labute approximate surface area is 132 Å². The summed E-state index contributed by atoms with van der Waals surface area (Å²) in [7, 11) is -3.13. The number of benzene rings is 1. The summed E-state index contributed by atoms with van der Waals surface area (Å²) in [5.41, 5.74) is 2.21. The van der Waals surface area contributed by atoms with Gasteiger partial charge in [0.05, 0.1) is 17.1 Å². The molecule has 22 heavy (non-hydrogen) atoms. The van der Waals surface area contributed by atoms with Gasteiger partial charge in [0.25, 0.3) is 0 Å². The fraction of sp³-hybridized carbons (Fsp3) is 0.438. The van der Waals surface area contributed by atoms with Gasteiger partial charge in [-0.2, -0.15) is 5.10 Å². The van der Waals surface area contributed by atoms with Gasteiger partial charge >= 0.3 is 0 Å². The van der Waals surface area contributed by atoms with Crippen LogP contribution in [-0.4, -0.2) is 30.5 Å². The van der Waals surface area contributed by atoms with Crippen LogP contribution in [0.2, 0.25) is 0 Å². The Hall–Kier alpha value is -1.66. The molecule has 1 aromatic heterocycles. The molecule has 0 saturated carbocycles. The van der Waals surface area contributed by atoms with Gasteiger partial charge in [0, 0.05) is 25.0 Å². The van der Waals surface area contributed by atoms with E-state index in [-0.39, 0.29) is 12.1 Å². The molecule has 5 nitrogen and oxygen atoms in total. The zero-order valence-corrected chi connectivity index (χ0v) is 14.3. The molecule has 2 unspecified atom stereocenters. The van der Waals surface area contributed by atoms with E-state index in [0.717, 1.165) is 11.1 Å². The minimum atomic E-state index is -3.13. The van der Waals surface area contributed by atoms with Crippen LogP contribution in [-0.2, 0) is 16.4 Å². The predicted octanol–water partition coefficient (Wildman–Crippen LogP) is 2.33. The highest BCUT2D eigenvalue weighted by Crippen LogP contribution is 2.13. The third kappa shape index (κ3) is 4.18. The van der Waals surface area contributed by atoms with Crippen molar-refractivity contribution in [1.29, 1.82) is 0 Å². The summed E-state index contributed by atoms with van der Waals surface area (Å²) >= 11 is 0. The van der Waals surface area contributed by atoms with E-state index in [1.54, 1.807) is 12.1 Å². The summed E-state index contributed by atoms with van der Waals surface area (Å²) < 4.78 is 24.8. The van der Waals surface area contributed by atoms with Gasteiger partial charge in [-0.1, -0.05) is 12.1 Å². The van der Waals surface area contributed by atoms with Crippen molar-refractivity contribution in [2.24, 2.45) is 0 Å². The lowest BCUT2D eigenvalue weighted by Gasteiger charge is -2.22. The van der Waals surface area contributed by atoms with Crippen LogP contribution in [0.1, 0.15) is 31.0 Å². The van der Waals surface area contributed by atoms with Gasteiger partial charge < -0.3 is 5.32 Å². The molecule has 1 aromatic carbocycles. The van der Waals surface area contributed by atoms with E-state index in [0.29, 0.717) is 11.4 Å². The highest BCUT2D eigenvalue weighted by atomic mass is 32.2. The maximum absolute atomic E-state index is 11.4. The third-order valence-corrected chi connectivity index (χ3v) is 4.98. The molecule has 0 radical (unpaired) electrons. The summed E-state index contributed by atoms with van der Waals surface area (Å²) in [5, 5.41) is 7.79. The van der Waals surface area contributed by atoms with Gasteiger partial charge in [0.2, 0.25) is 0 Å². The zero-order valence-electron chi connectivity index (χ0n) is 13.4. The minimum Gasteiger partial charge on any atom is -0.308 e. The predicted molar refractivity (Wildman–Crippen MR) is 87.5 cm³/mol. The molecule has 6 heteroatoms. The van der Waals surface area contributed by atoms with E-state index in [1.807, 2.05) is 36.1 Å². The van der Waals surface area contributed by atoms with Crippen LogP contribution in [0.25, 0.3) is 0 Å². The Bertz CT molecular complexity index is 720. The smallest absolute Gasteiger partial charge is 0.175 e. The van der Waals surface area contributed by atoms with Gasteiger partial charge in [0.1, 0.15) is 0 Å². The molecule has 0 amide bonds. The number of nitrogens with zero attached hydrogens (tertiary/aromatic N) is 2. The molecule has 0 fully saturated rings. The molecule has 2 aromatic rings. The molecule has 0 aliphatic carbocycles. The molecule has 1 N–H and O–H groups in total. The van der Waals surface area contributed by atoms with Gasteiger partial charge in [-0.3, -0.25) is 4.68 Å². The summed E-state index contributed by atoms with van der Waals surface area (Å²) in [6.45, 7) is 6.96. The van der Waals surface area contributed by atoms with E-state index in [1.165, 1.54) is 6.26 Å². The lowest BCUT2D eigenvalue weighted by atomic mass is 10.1. The van der Waals surface area contributed by atoms with Gasteiger partial charge in [0.15, 0.2) is 9.84 Å².